The summed E-state index contributed by atoms with van der Waals surface area (Å²) in [4.78, 5) is 0. The molecule has 0 saturated heterocycles. The van der Waals surface area contributed by atoms with E-state index >= 15 is 0 Å². The maximum atomic E-state index is 2.32. The van der Waals surface area contributed by atoms with E-state index in [2.05, 4.69) is 63.9 Å². The fourth-order valence-corrected chi connectivity index (χ4v) is 1.76. The van der Waals surface area contributed by atoms with Crippen molar-refractivity contribution in [1.29, 1.82) is 0 Å². The zero-order valence-electron chi connectivity index (χ0n) is 8.02. The van der Waals surface area contributed by atoms with Crippen molar-refractivity contribution in [2.24, 2.45) is 7.05 Å². The van der Waals surface area contributed by atoms with Crippen molar-refractivity contribution in [3.05, 3.63) is 52.1 Å². The molecule has 0 aliphatic rings. The summed E-state index contributed by atoms with van der Waals surface area (Å²) in [6, 6.07) is 8.61. The van der Waals surface area contributed by atoms with E-state index in [0.717, 1.165) is 6.54 Å². The van der Waals surface area contributed by atoms with E-state index in [4.69, 9.17) is 0 Å². The molecule has 2 rings (SSSR count). The van der Waals surface area contributed by atoms with Crippen molar-refractivity contribution >= 4 is 22.6 Å². The van der Waals surface area contributed by atoms with Crippen molar-refractivity contribution in [2.45, 2.75) is 6.54 Å². The summed E-state index contributed by atoms with van der Waals surface area (Å²) in [6.45, 7) is 0.942. The number of hydrogen-bond acceptors (Lipinski definition) is 0. The fraction of sp³-hybridized carbons (Fsp3) is 0.182. The smallest absolute Gasteiger partial charge is 0.240 e. The van der Waals surface area contributed by atoms with Gasteiger partial charge in [-0.05, 0) is 40.3 Å². The first-order valence-electron chi connectivity index (χ1n) is 4.49. The molecule has 0 spiro atoms. The zero-order valence-corrected chi connectivity index (χ0v) is 10.2. The molecule has 14 heavy (non-hydrogen) atoms. The SMILES string of the molecule is C[n+]1ccn(Cc2ccc(I)cc2)c1. The van der Waals surface area contributed by atoms with E-state index in [1.807, 2.05) is 17.8 Å². The van der Waals surface area contributed by atoms with Gasteiger partial charge in [-0.1, -0.05) is 12.1 Å². The van der Waals surface area contributed by atoms with Gasteiger partial charge in [0, 0.05) is 3.57 Å². The second kappa shape index (κ2) is 4.13. The average Bonchev–Trinajstić information content (AvgIpc) is 2.56. The Balaban J connectivity index is 2.15. The fourth-order valence-electron chi connectivity index (χ4n) is 1.40. The highest BCUT2D eigenvalue weighted by Crippen LogP contribution is 2.07. The quantitative estimate of drug-likeness (QED) is 0.592. The highest BCUT2D eigenvalue weighted by atomic mass is 127. The molecule has 3 heteroatoms. The lowest BCUT2D eigenvalue weighted by Crippen LogP contribution is -2.23. The third kappa shape index (κ3) is 2.35. The highest BCUT2D eigenvalue weighted by molar-refractivity contribution is 14.1. The van der Waals surface area contributed by atoms with Gasteiger partial charge in [0.15, 0.2) is 0 Å². The van der Waals surface area contributed by atoms with Gasteiger partial charge in [0.1, 0.15) is 18.9 Å². The molecule has 0 aliphatic heterocycles. The Bertz CT molecular complexity index is 417. The van der Waals surface area contributed by atoms with Crippen molar-refractivity contribution in [1.82, 2.24) is 4.57 Å². The third-order valence-corrected chi connectivity index (χ3v) is 2.82. The Morgan fingerprint density at radius 1 is 1.29 bits per heavy atom. The van der Waals surface area contributed by atoms with Crippen LogP contribution in [-0.4, -0.2) is 4.57 Å². The van der Waals surface area contributed by atoms with Gasteiger partial charge in [0.05, 0.1) is 7.05 Å². The van der Waals surface area contributed by atoms with E-state index < -0.39 is 0 Å². The third-order valence-electron chi connectivity index (χ3n) is 2.10. The maximum absolute atomic E-state index is 2.32. The highest BCUT2D eigenvalue weighted by Gasteiger charge is 2.00. The van der Waals surface area contributed by atoms with Gasteiger partial charge < -0.3 is 0 Å². The van der Waals surface area contributed by atoms with Crippen molar-refractivity contribution < 1.29 is 4.57 Å². The van der Waals surface area contributed by atoms with Gasteiger partial charge in [0.2, 0.25) is 6.33 Å². The normalized spacial score (nSPS) is 10.4. The van der Waals surface area contributed by atoms with E-state index in [9.17, 15) is 0 Å². The largest absolute Gasteiger partial charge is 0.243 e. The Morgan fingerprint density at radius 3 is 2.57 bits per heavy atom. The maximum Gasteiger partial charge on any atom is 0.243 e. The average molecular weight is 299 g/mol. The summed E-state index contributed by atoms with van der Waals surface area (Å²) < 4.78 is 5.50. The van der Waals surface area contributed by atoms with Crippen molar-refractivity contribution in [2.75, 3.05) is 0 Å². The molecule has 2 nitrogen and oxygen atoms in total. The number of halogens is 1. The number of nitrogens with zero attached hydrogens (tertiary/aromatic N) is 2. The number of aromatic nitrogens is 2. The van der Waals surface area contributed by atoms with E-state index in [1.165, 1.54) is 9.13 Å². The molecular weight excluding hydrogens is 287 g/mol. The number of imidazole rings is 1. The number of aryl methyl sites for hydroxylation is 1. The van der Waals surface area contributed by atoms with Crippen LogP contribution in [0.1, 0.15) is 5.56 Å². The number of benzene rings is 1. The minimum Gasteiger partial charge on any atom is -0.240 e. The molecule has 0 amide bonds. The topological polar surface area (TPSA) is 8.81 Å². The van der Waals surface area contributed by atoms with Crippen LogP contribution in [-0.2, 0) is 13.6 Å². The Labute approximate surface area is 97.3 Å². The molecular formula is C11H12IN2+. The minimum atomic E-state index is 0.942. The van der Waals surface area contributed by atoms with Crippen LogP contribution in [0.4, 0.5) is 0 Å². The number of hydrogen-bond donors (Lipinski definition) is 0. The van der Waals surface area contributed by atoms with Crippen LogP contribution >= 0.6 is 22.6 Å². The Morgan fingerprint density at radius 2 is 2.00 bits per heavy atom. The first kappa shape index (κ1) is 9.71. The molecule has 0 fully saturated rings. The van der Waals surface area contributed by atoms with Crippen LogP contribution < -0.4 is 4.57 Å². The van der Waals surface area contributed by atoms with Gasteiger partial charge >= 0.3 is 0 Å². The van der Waals surface area contributed by atoms with Gasteiger partial charge in [-0.3, -0.25) is 0 Å². The lowest BCUT2D eigenvalue weighted by molar-refractivity contribution is -0.671. The second-order valence-corrected chi connectivity index (χ2v) is 4.62. The first-order valence-corrected chi connectivity index (χ1v) is 5.57. The van der Waals surface area contributed by atoms with Gasteiger partial charge in [-0.25, -0.2) is 9.13 Å². The second-order valence-electron chi connectivity index (χ2n) is 3.38. The van der Waals surface area contributed by atoms with Crippen LogP contribution in [0.15, 0.2) is 43.0 Å². The monoisotopic (exact) mass is 299 g/mol. The predicted molar refractivity (Wildman–Crippen MR) is 63.9 cm³/mol. The van der Waals surface area contributed by atoms with Crippen LogP contribution in [0.25, 0.3) is 0 Å². The Kier molecular flexibility index (Phi) is 2.86. The van der Waals surface area contributed by atoms with Crippen LogP contribution in [0, 0.1) is 3.57 Å². The van der Waals surface area contributed by atoms with E-state index in [-0.39, 0.29) is 0 Å². The predicted octanol–water partition coefficient (Wildman–Crippen LogP) is 1.97. The standard InChI is InChI=1S/C11H12IN2/c1-13-6-7-14(9-13)8-10-2-4-11(12)5-3-10/h2-7,9H,8H2,1H3/q+1. The lowest BCUT2D eigenvalue weighted by Gasteiger charge is -1.97. The minimum absolute atomic E-state index is 0.942. The van der Waals surface area contributed by atoms with Crippen molar-refractivity contribution in [3.8, 4) is 0 Å². The molecule has 0 radical (unpaired) electrons. The van der Waals surface area contributed by atoms with Crippen LogP contribution in [0.5, 0.6) is 0 Å². The number of rotatable bonds is 2. The van der Waals surface area contributed by atoms with Gasteiger partial charge in [-0.2, -0.15) is 0 Å². The zero-order chi connectivity index (χ0) is 9.97. The Hall–Kier alpha value is -0.840. The summed E-state index contributed by atoms with van der Waals surface area (Å²) in [5.74, 6) is 0. The van der Waals surface area contributed by atoms with Crippen molar-refractivity contribution in [3.63, 3.8) is 0 Å². The van der Waals surface area contributed by atoms with Gasteiger partial charge in [0.25, 0.3) is 0 Å². The molecule has 0 aliphatic carbocycles. The van der Waals surface area contributed by atoms with Crippen LogP contribution in [0.3, 0.4) is 0 Å². The van der Waals surface area contributed by atoms with E-state index in [1.54, 1.807) is 0 Å². The summed E-state index contributed by atoms with van der Waals surface area (Å²) in [7, 11) is 2.03. The van der Waals surface area contributed by atoms with E-state index in [0.29, 0.717) is 0 Å². The molecule has 1 aromatic heterocycles. The molecule has 0 unspecified atom stereocenters. The summed E-state index contributed by atoms with van der Waals surface area (Å²) in [5.41, 5.74) is 1.33. The molecule has 0 bridgehead atoms. The molecule has 1 aromatic carbocycles. The summed E-state index contributed by atoms with van der Waals surface area (Å²) in [6.07, 6.45) is 6.21. The molecule has 0 saturated carbocycles. The summed E-state index contributed by atoms with van der Waals surface area (Å²) in [5, 5.41) is 0. The van der Waals surface area contributed by atoms with Gasteiger partial charge in [-0.15, -0.1) is 0 Å². The molecule has 72 valence electrons. The molecule has 1 heterocycles. The van der Waals surface area contributed by atoms with Crippen LogP contribution in [0.2, 0.25) is 0 Å². The molecule has 2 aromatic rings. The summed E-state index contributed by atoms with van der Waals surface area (Å²) >= 11 is 2.32. The molecule has 0 N–H and O–H groups in total. The first-order chi connectivity index (χ1) is 6.74. The lowest BCUT2D eigenvalue weighted by atomic mass is 10.2. The molecule has 0 atom stereocenters.